The number of nitrogens with one attached hydrogen (secondary N) is 1. The zero-order valence-corrected chi connectivity index (χ0v) is 13.0. The van der Waals surface area contributed by atoms with Gasteiger partial charge in [0.2, 0.25) is 0 Å². The number of nitrogens with zero attached hydrogens (tertiary/aromatic N) is 2. The largest absolute Gasteiger partial charge is 0.303 e. The number of carbonyl (C=O) groups is 1. The number of carbonyl (C=O) groups excluding carboxylic acids is 1. The Morgan fingerprint density at radius 1 is 1.43 bits per heavy atom. The highest BCUT2D eigenvalue weighted by Crippen LogP contribution is 2.17. The molecule has 1 saturated heterocycles. The first-order valence-electron chi connectivity index (χ1n) is 7.66. The number of piperidine rings is 1. The number of amides is 1. The lowest BCUT2D eigenvalue weighted by atomic mass is 10.0. The zero-order chi connectivity index (χ0) is 15.2. The first kappa shape index (κ1) is 15.9. The second-order valence-electron chi connectivity index (χ2n) is 5.75. The van der Waals surface area contributed by atoms with Gasteiger partial charge in [0, 0.05) is 18.2 Å². The topological polar surface area (TPSA) is 61.6 Å². The predicted molar refractivity (Wildman–Crippen MR) is 84.7 cm³/mol. The molecule has 1 aliphatic heterocycles. The van der Waals surface area contributed by atoms with Crippen LogP contribution in [0.5, 0.6) is 0 Å². The molecule has 0 atom stereocenters. The third-order valence-electron chi connectivity index (χ3n) is 4.38. The second kappa shape index (κ2) is 7.54. The normalized spacial score (nSPS) is 17.1. The van der Waals surface area contributed by atoms with E-state index in [9.17, 15) is 4.79 Å². The third kappa shape index (κ3) is 4.27. The molecule has 1 aromatic rings. The van der Waals surface area contributed by atoms with E-state index in [0.717, 1.165) is 18.7 Å². The molecule has 0 aromatic heterocycles. The van der Waals surface area contributed by atoms with E-state index in [1.165, 1.54) is 25.9 Å². The molecule has 1 heterocycles. The van der Waals surface area contributed by atoms with E-state index < -0.39 is 0 Å². The van der Waals surface area contributed by atoms with Crippen molar-refractivity contribution in [3.63, 3.8) is 0 Å². The van der Waals surface area contributed by atoms with Gasteiger partial charge in [0.15, 0.2) is 0 Å². The van der Waals surface area contributed by atoms with Gasteiger partial charge in [-0.05, 0) is 57.2 Å². The van der Waals surface area contributed by atoms with Crippen molar-refractivity contribution in [1.29, 1.82) is 0 Å². The van der Waals surface area contributed by atoms with Crippen LogP contribution in [0.3, 0.4) is 0 Å². The first-order chi connectivity index (χ1) is 10.1. The SMILES string of the molecule is CCN1CCC(N(C)Cc2cccc(C(=O)NN)c2)CC1. The highest BCUT2D eigenvalue weighted by atomic mass is 16.2. The summed E-state index contributed by atoms with van der Waals surface area (Å²) in [7, 11) is 2.17. The van der Waals surface area contributed by atoms with Crippen molar-refractivity contribution in [2.75, 3.05) is 26.7 Å². The van der Waals surface area contributed by atoms with Gasteiger partial charge in [-0.2, -0.15) is 0 Å². The molecule has 2 rings (SSSR count). The van der Waals surface area contributed by atoms with E-state index in [0.29, 0.717) is 11.6 Å². The molecule has 0 aliphatic carbocycles. The van der Waals surface area contributed by atoms with Crippen molar-refractivity contribution in [2.45, 2.75) is 32.4 Å². The van der Waals surface area contributed by atoms with Crippen LogP contribution in [-0.4, -0.2) is 48.4 Å². The summed E-state index contributed by atoms with van der Waals surface area (Å²) in [5, 5.41) is 0. The van der Waals surface area contributed by atoms with Gasteiger partial charge < -0.3 is 4.90 Å². The van der Waals surface area contributed by atoms with E-state index in [-0.39, 0.29) is 5.91 Å². The summed E-state index contributed by atoms with van der Waals surface area (Å²) in [6.45, 7) is 6.59. The number of nitrogens with two attached hydrogens (primary N) is 1. The molecule has 1 amide bonds. The van der Waals surface area contributed by atoms with E-state index >= 15 is 0 Å². The monoisotopic (exact) mass is 290 g/mol. The van der Waals surface area contributed by atoms with Crippen molar-refractivity contribution in [2.24, 2.45) is 5.84 Å². The molecule has 0 bridgehead atoms. The molecular formula is C16H26N4O. The highest BCUT2D eigenvalue weighted by molar-refractivity contribution is 5.93. The van der Waals surface area contributed by atoms with Crippen LogP contribution in [0.2, 0.25) is 0 Å². The minimum atomic E-state index is -0.240. The number of likely N-dealkylation sites (tertiary alicyclic amines) is 1. The predicted octanol–water partition coefficient (Wildman–Crippen LogP) is 1.21. The summed E-state index contributed by atoms with van der Waals surface area (Å²) in [5.74, 6) is 4.94. The fourth-order valence-electron chi connectivity index (χ4n) is 2.99. The molecule has 116 valence electrons. The number of benzene rings is 1. The third-order valence-corrected chi connectivity index (χ3v) is 4.38. The van der Waals surface area contributed by atoms with E-state index in [4.69, 9.17) is 5.84 Å². The van der Waals surface area contributed by atoms with Gasteiger partial charge in [-0.1, -0.05) is 19.1 Å². The van der Waals surface area contributed by atoms with Gasteiger partial charge in [0.1, 0.15) is 0 Å². The van der Waals surface area contributed by atoms with Gasteiger partial charge >= 0.3 is 0 Å². The van der Waals surface area contributed by atoms with E-state index in [2.05, 4.69) is 35.3 Å². The molecule has 5 nitrogen and oxygen atoms in total. The summed E-state index contributed by atoms with van der Waals surface area (Å²) in [6.07, 6.45) is 2.43. The Labute approximate surface area is 127 Å². The lowest BCUT2D eigenvalue weighted by molar-refractivity contribution is 0.0953. The minimum absolute atomic E-state index is 0.240. The van der Waals surface area contributed by atoms with Gasteiger partial charge in [-0.3, -0.25) is 15.1 Å². The average Bonchev–Trinajstić information content (AvgIpc) is 2.54. The van der Waals surface area contributed by atoms with E-state index in [1.807, 2.05) is 12.1 Å². The molecule has 1 fully saturated rings. The van der Waals surface area contributed by atoms with Crippen LogP contribution in [0.15, 0.2) is 24.3 Å². The zero-order valence-electron chi connectivity index (χ0n) is 13.0. The number of hydrogen-bond donors (Lipinski definition) is 2. The van der Waals surface area contributed by atoms with Crippen LogP contribution in [0, 0.1) is 0 Å². The number of hydrogen-bond acceptors (Lipinski definition) is 4. The standard InChI is InChI=1S/C16H26N4O/c1-3-20-9-7-15(8-10-20)19(2)12-13-5-4-6-14(11-13)16(21)18-17/h4-6,11,15H,3,7-10,12,17H2,1-2H3,(H,18,21). The fourth-order valence-corrected chi connectivity index (χ4v) is 2.99. The highest BCUT2D eigenvalue weighted by Gasteiger charge is 2.21. The maximum atomic E-state index is 11.6. The number of rotatable bonds is 5. The van der Waals surface area contributed by atoms with Crippen LogP contribution in [0.4, 0.5) is 0 Å². The van der Waals surface area contributed by atoms with Crippen LogP contribution >= 0.6 is 0 Å². The molecule has 0 radical (unpaired) electrons. The van der Waals surface area contributed by atoms with Gasteiger partial charge in [0.05, 0.1) is 0 Å². The molecule has 5 heteroatoms. The van der Waals surface area contributed by atoms with Crippen molar-refractivity contribution in [3.05, 3.63) is 35.4 Å². The summed E-state index contributed by atoms with van der Waals surface area (Å²) in [6, 6.07) is 8.30. The van der Waals surface area contributed by atoms with Crippen molar-refractivity contribution in [1.82, 2.24) is 15.2 Å². The van der Waals surface area contributed by atoms with Gasteiger partial charge in [-0.15, -0.1) is 0 Å². The summed E-state index contributed by atoms with van der Waals surface area (Å²) >= 11 is 0. The van der Waals surface area contributed by atoms with E-state index in [1.54, 1.807) is 6.07 Å². The maximum Gasteiger partial charge on any atom is 0.265 e. The summed E-state index contributed by atoms with van der Waals surface area (Å²) in [5.41, 5.74) is 3.94. The molecule has 21 heavy (non-hydrogen) atoms. The van der Waals surface area contributed by atoms with Crippen LogP contribution in [-0.2, 0) is 6.54 Å². The Balaban J connectivity index is 1.93. The molecule has 0 unspecified atom stereocenters. The second-order valence-corrected chi connectivity index (χ2v) is 5.75. The Kier molecular flexibility index (Phi) is 5.73. The average molecular weight is 290 g/mol. The van der Waals surface area contributed by atoms with Gasteiger partial charge in [0.25, 0.3) is 5.91 Å². The summed E-state index contributed by atoms with van der Waals surface area (Å²) < 4.78 is 0. The lowest BCUT2D eigenvalue weighted by Crippen LogP contribution is -2.42. The van der Waals surface area contributed by atoms with Crippen LogP contribution in [0.1, 0.15) is 35.7 Å². The molecule has 1 aromatic carbocycles. The Bertz CT molecular complexity index is 469. The van der Waals surface area contributed by atoms with Crippen LogP contribution < -0.4 is 11.3 Å². The smallest absolute Gasteiger partial charge is 0.265 e. The van der Waals surface area contributed by atoms with Crippen molar-refractivity contribution < 1.29 is 4.79 Å². The fraction of sp³-hybridized carbons (Fsp3) is 0.562. The van der Waals surface area contributed by atoms with Crippen molar-refractivity contribution >= 4 is 5.91 Å². The Morgan fingerprint density at radius 3 is 2.76 bits per heavy atom. The molecule has 0 saturated carbocycles. The molecule has 1 aliphatic rings. The molecule has 0 spiro atoms. The van der Waals surface area contributed by atoms with Crippen LogP contribution in [0.25, 0.3) is 0 Å². The first-order valence-corrected chi connectivity index (χ1v) is 7.66. The molecule has 3 N–H and O–H groups in total. The maximum absolute atomic E-state index is 11.6. The minimum Gasteiger partial charge on any atom is -0.303 e. The summed E-state index contributed by atoms with van der Waals surface area (Å²) in [4.78, 5) is 16.5. The van der Waals surface area contributed by atoms with Crippen molar-refractivity contribution in [3.8, 4) is 0 Å². The molecular weight excluding hydrogens is 264 g/mol. The lowest BCUT2D eigenvalue weighted by Gasteiger charge is -2.36. The van der Waals surface area contributed by atoms with Gasteiger partial charge in [-0.25, -0.2) is 5.84 Å². The number of nitrogen functional groups attached to an aromatic ring is 1. The quantitative estimate of drug-likeness (QED) is 0.486. The Morgan fingerprint density at radius 2 is 2.14 bits per heavy atom. The number of hydrazine groups is 1. The Hall–Kier alpha value is -1.43.